The summed E-state index contributed by atoms with van der Waals surface area (Å²) in [6.07, 6.45) is 5.12. The molecular weight excluding hydrogens is 506 g/mol. The van der Waals surface area contributed by atoms with Gasteiger partial charge < -0.3 is 24.5 Å². The van der Waals surface area contributed by atoms with Crippen molar-refractivity contribution in [2.45, 2.75) is 76.8 Å². The van der Waals surface area contributed by atoms with Crippen LogP contribution in [0.1, 0.15) is 52.5 Å². The van der Waals surface area contributed by atoms with Gasteiger partial charge in [-0.15, -0.1) is 13.2 Å². The van der Waals surface area contributed by atoms with Crippen molar-refractivity contribution in [2.24, 2.45) is 17.8 Å². The minimum Gasteiger partial charge on any atom is -0.394 e. The molecule has 0 aromatic heterocycles. The first kappa shape index (κ1) is 30.0. The zero-order valence-corrected chi connectivity index (χ0v) is 24.4. The van der Waals surface area contributed by atoms with Crippen LogP contribution in [0.15, 0.2) is 55.6 Å². The topological polar surface area (TPSA) is 90.4 Å². The fourth-order valence-electron chi connectivity index (χ4n) is 7.42. The SMILES string of the molecule is C=CCN(Cc1ccccc1)C(=O)C1N([C@@H](CC)CO)C(=O)[C@@H]2[C@@H](C(=O)N(CC=C)CCC)[C@]3(C)OC12CC3C. The van der Waals surface area contributed by atoms with Crippen LogP contribution in [0.4, 0.5) is 0 Å². The third kappa shape index (κ3) is 4.69. The quantitative estimate of drug-likeness (QED) is 0.380. The van der Waals surface area contributed by atoms with E-state index in [1.807, 2.05) is 58.0 Å². The Kier molecular flexibility index (Phi) is 8.90. The Morgan fingerprint density at radius 1 is 1.15 bits per heavy atom. The average molecular weight is 552 g/mol. The second kappa shape index (κ2) is 11.9. The zero-order chi connectivity index (χ0) is 29.2. The predicted octanol–water partition coefficient (Wildman–Crippen LogP) is 3.41. The molecule has 2 bridgehead atoms. The normalized spacial score (nSPS) is 31.1. The van der Waals surface area contributed by atoms with Crippen molar-refractivity contribution in [1.29, 1.82) is 0 Å². The van der Waals surface area contributed by atoms with Gasteiger partial charge in [0, 0.05) is 26.2 Å². The van der Waals surface area contributed by atoms with Crippen LogP contribution in [0.2, 0.25) is 0 Å². The minimum absolute atomic E-state index is 0.0517. The fraction of sp³-hybridized carbons (Fsp3) is 0.594. The summed E-state index contributed by atoms with van der Waals surface area (Å²) >= 11 is 0. The van der Waals surface area contributed by atoms with E-state index in [-0.39, 0.29) is 30.2 Å². The first-order valence-electron chi connectivity index (χ1n) is 14.6. The Morgan fingerprint density at radius 2 is 1.80 bits per heavy atom. The summed E-state index contributed by atoms with van der Waals surface area (Å²) in [7, 11) is 0. The number of hydrogen-bond donors (Lipinski definition) is 1. The van der Waals surface area contributed by atoms with Crippen LogP contribution in [0.3, 0.4) is 0 Å². The molecule has 3 fully saturated rings. The summed E-state index contributed by atoms with van der Waals surface area (Å²) in [5.41, 5.74) is -1.09. The van der Waals surface area contributed by atoms with Gasteiger partial charge in [-0.1, -0.05) is 63.3 Å². The highest BCUT2D eigenvalue weighted by Gasteiger charge is 2.80. The predicted molar refractivity (Wildman–Crippen MR) is 154 cm³/mol. The highest BCUT2D eigenvalue weighted by molar-refractivity contribution is 5.99. The summed E-state index contributed by atoms with van der Waals surface area (Å²) in [5.74, 6) is -2.23. The maximum absolute atomic E-state index is 14.6. The van der Waals surface area contributed by atoms with Crippen molar-refractivity contribution < 1.29 is 24.2 Å². The van der Waals surface area contributed by atoms with Gasteiger partial charge in [-0.25, -0.2) is 0 Å². The third-order valence-electron chi connectivity index (χ3n) is 9.36. The molecule has 8 nitrogen and oxygen atoms in total. The van der Waals surface area contributed by atoms with Gasteiger partial charge in [-0.3, -0.25) is 14.4 Å². The lowest BCUT2D eigenvalue weighted by Gasteiger charge is -2.39. The maximum atomic E-state index is 14.6. The van der Waals surface area contributed by atoms with Crippen molar-refractivity contribution in [3.63, 3.8) is 0 Å². The van der Waals surface area contributed by atoms with Crippen LogP contribution >= 0.6 is 0 Å². The first-order chi connectivity index (χ1) is 19.1. The molecule has 1 aromatic rings. The van der Waals surface area contributed by atoms with E-state index in [9.17, 15) is 19.5 Å². The summed E-state index contributed by atoms with van der Waals surface area (Å²) in [4.78, 5) is 48.2. The molecule has 4 rings (SSSR count). The molecule has 0 aliphatic carbocycles. The van der Waals surface area contributed by atoms with Gasteiger partial charge >= 0.3 is 0 Å². The molecule has 3 aliphatic heterocycles. The Morgan fingerprint density at radius 3 is 2.38 bits per heavy atom. The molecule has 40 heavy (non-hydrogen) atoms. The number of rotatable bonds is 13. The van der Waals surface area contributed by atoms with Gasteiger partial charge in [-0.05, 0) is 37.7 Å². The molecule has 8 heteroatoms. The van der Waals surface area contributed by atoms with Crippen molar-refractivity contribution in [1.82, 2.24) is 14.7 Å². The Labute approximate surface area is 238 Å². The van der Waals surface area contributed by atoms with Crippen LogP contribution in [0.25, 0.3) is 0 Å². The van der Waals surface area contributed by atoms with Gasteiger partial charge in [0.1, 0.15) is 11.6 Å². The Bertz CT molecular complexity index is 1120. The molecule has 0 radical (unpaired) electrons. The Hall–Kier alpha value is -2.97. The molecule has 218 valence electrons. The number of hydrogen-bond acceptors (Lipinski definition) is 5. The molecular formula is C32H45N3O5. The van der Waals surface area contributed by atoms with Crippen molar-refractivity contribution in [2.75, 3.05) is 26.2 Å². The van der Waals surface area contributed by atoms with E-state index < -0.39 is 35.1 Å². The highest BCUT2D eigenvalue weighted by Crippen LogP contribution is 2.65. The molecule has 1 spiro atoms. The van der Waals surface area contributed by atoms with Crippen molar-refractivity contribution >= 4 is 17.7 Å². The number of amides is 3. The van der Waals surface area contributed by atoms with Crippen LogP contribution < -0.4 is 0 Å². The second-order valence-electron chi connectivity index (χ2n) is 11.8. The summed E-state index contributed by atoms with van der Waals surface area (Å²) in [6, 6.07) is 8.18. The summed E-state index contributed by atoms with van der Waals surface area (Å²) in [6.45, 7) is 16.9. The van der Waals surface area contributed by atoms with Crippen LogP contribution in [-0.4, -0.2) is 87.1 Å². The highest BCUT2D eigenvalue weighted by atomic mass is 16.5. The number of likely N-dealkylation sites (tertiary alicyclic amines) is 1. The number of aliphatic hydroxyl groups excluding tert-OH is 1. The standard InChI is InChI=1S/C32H45N3O5/c1-7-16-33(17-8-2)28(37)25-26-29(38)35(24(10-4)21-36)27(32(26)19-22(5)31(25,6)40-32)30(39)34(18-9-3)20-23-14-12-11-13-15-23/h7,9,11-15,22,24-27,36H,1,3,8,10,16-21H2,2,4-6H3/t22?,24-,25-,26-,27?,31+,32?/m0/s1. The van der Waals surface area contributed by atoms with Crippen LogP contribution in [0.5, 0.6) is 0 Å². The van der Waals surface area contributed by atoms with Crippen molar-refractivity contribution in [3.8, 4) is 0 Å². The van der Waals surface area contributed by atoms with E-state index in [4.69, 9.17) is 4.74 Å². The van der Waals surface area contributed by atoms with Gasteiger partial charge in [-0.2, -0.15) is 0 Å². The van der Waals surface area contributed by atoms with Crippen LogP contribution in [-0.2, 0) is 25.7 Å². The number of ether oxygens (including phenoxy) is 1. The molecule has 1 aromatic carbocycles. The molecule has 3 unspecified atom stereocenters. The molecule has 7 atom stereocenters. The smallest absolute Gasteiger partial charge is 0.249 e. The molecule has 3 aliphatic rings. The number of fused-ring (bicyclic) bond motifs is 1. The maximum Gasteiger partial charge on any atom is 0.249 e. The molecule has 1 N–H and O–H groups in total. The van der Waals surface area contributed by atoms with E-state index in [2.05, 4.69) is 13.2 Å². The zero-order valence-electron chi connectivity index (χ0n) is 24.4. The molecule has 0 saturated carbocycles. The number of aliphatic hydroxyl groups is 1. The number of nitrogens with zero attached hydrogens (tertiary/aromatic N) is 3. The van der Waals surface area contributed by atoms with Crippen LogP contribution in [0, 0.1) is 17.8 Å². The summed E-state index contributed by atoms with van der Waals surface area (Å²) in [5, 5.41) is 10.4. The van der Waals surface area contributed by atoms with Gasteiger partial charge in [0.15, 0.2) is 0 Å². The van der Waals surface area contributed by atoms with E-state index >= 15 is 0 Å². The minimum atomic E-state index is -1.16. The lowest BCUT2D eigenvalue weighted by molar-refractivity contribution is -0.158. The third-order valence-corrected chi connectivity index (χ3v) is 9.36. The summed E-state index contributed by atoms with van der Waals surface area (Å²) < 4.78 is 6.89. The lowest BCUT2D eigenvalue weighted by atomic mass is 9.62. The van der Waals surface area contributed by atoms with Crippen molar-refractivity contribution in [3.05, 3.63) is 61.2 Å². The van der Waals surface area contributed by atoms with Gasteiger partial charge in [0.2, 0.25) is 17.7 Å². The number of carbonyl (C=O) groups is 3. The van der Waals surface area contributed by atoms with E-state index in [1.165, 1.54) is 0 Å². The molecule has 3 saturated heterocycles. The molecule has 3 heterocycles. The number of carbonyl (C=O) groups excluding carboxylic acids is 3. The second-order valence-corrected chi connectivity index (χ2v) is 11.8. The largest absolute Gasteiger partial charge is 0.394 e. The van der Waals surface area contributed by atoms with E-state index in [0.29, 0.717) is 39.0 Å². The molecule has 3 amide bonds. The lowest BCUT2D eigenvalue weighted by Crippen LogP contribution is -2.58. The van der Waals surface area contributed by atoms with Gasteiger partial charge in [0.05, 0.1) is 30.1 Å². The first-order valence-corrected chi connectivity index (χ1v) is 14.6. The number of benzene rings is 1. The van der Waals surface area contributed by atoms with E-state index in [0.717, 1.165) is 12.0 Å². The average Bonchev–Trinajstić information content (AvgIpc) is 3.46. The fourth-order valence-corrected chi connectivity index (χ4v) is 7.42. The van der Waals surface area contributed by atoms with Gasteiger partial charge in [0.25, 0.3) is 0 Å². The Balaban J connectivity index is 1.82. The monoisotopic (exact) mass is 551 g/mol. The van der Waals surface area contributed by atoms with E-state index in [1.54, 1.807) is 26.9 Å².